The van der Waals surface area contributed by atoms with E-state index in [2.05, 4.69) is 20.5 Å². The van der Waals surface area contributed by atoms with Crippen molar-refractivity contribution in [1.29, 1.82) is 0 Å². The number of oxazole rings is 1. The van der Waals surface area contributed by atoms with Crippen LogP contribution in [0.4, 0.5) is 5.69 Å². The Balaban J connectivity index is 1.55. The highest BCUT2D eigenvalue weighted by Gasteiger charge is 2.32. The fourth-order valence-electron chi connectivity index (χ4n) is 3.91. The van der Waals surface area contributed by atoms with Gasteiger partial charge in [0.15, 0.2) is 12.2 Å². The number of nitrogens with zero attached hydrogens (tertiary/aromatic N) is 3. The van der Waals surface area contributed by atoms with Crippen molar-refractivity contribution in [2.24, 2.45) is 0 Å². The van der Waals surface area contributed by atoms with Crippen molar-refractivity contribution in [3.05, 3.63) is 30.8 Å². The summed E-state index contributed by atoms with van der Waals surface area (Å²) in [6.45, 7) is 9.37. The van der Waals surface area contributed by atoms with Crippen LogP contribution in [-0.2, 0) is 19.6 Å². The lowest BCUT2D eigenvalue weighted by Crippen LogP contribution is -2.58. The van der Waals surface area contributed by atoms with Gasteiger partial charge in [0.2, 0.25) is 10.0 Å². The van der Waals surface area contributed by atoms with E-state index in [9.17, 15) is 18.0 Å². The van der Waals surface area contributed by atoms with Crippen molar-refractivity contribution in [3.8, 4) is 17.1 Å². The van der Waals surface area contributed by atoms with Crippen LogP contribution in [0, 0.1) is 0 Å². The van der Waals surface area contributed by atoms with E-state index in [4.69, 9.17) is 9.15 Å². The number of amides is 2. The number of carbonyl (C=O) groups excluding carboxylic acids is 2. The number of hydrogen-bond donors (Lipinski definition) is 2. The number of carbonyl (C=O) groups is 2. The Labute approximate surface area is 205 Å². The third-order valence-electron chi connectivity index (χ3n) is 5.72. The van der Waals surface area contributed by atoms with Crippen molar-refractivity contribution in [2.75, 3.05) is 45.2 Å². The molecule has 1 aliphatic heterocycles. The van der Waals surface area contributed by atoms with Crippen LogP contribution in [0.5, 0.6) is 5.75 Å². The van der Waals surface area contributed by atoms with Gasteiger partial charge in [-0.25, -0.2) is 13.4 Å². The van der Waals surface area contributed by atoms with Crippen LogP contribution in [0.25, 0.3) is 11.3 Å². The van der Waals surface area contributed by atoms with Crippen LogP contribution in [0.1, 0.15) is 27.7 Å². The van der Waals surface area contributed by atoms with Gasteiger partial charge >= 0.3 is 11.8 Å². The molecule has 2 amide bonds. The zero-order chi connectivity index (χ0) is 25.8. The van der Waals surface area contributed by atoms with Gasteiger partial charge in [-0.15, -0.1) is 0 Å². The molecule has 0 radical (unpaired) electrons. The van der Waals surface area contributed by atoms with Crippen molar-refractivity contribution >= 4 is 27.5 Å². The van der Waals surface area contributed by atoms with Gasteiger partial charge in [-0.05, 0) is 39.8 Å². The zero-order valence-electron chi connectivity index (χ0n) is 20.7. The molecule has 2 heterocycles. The van der Waals surface area contributed by atoms with Crippen LogP contribution in [0.2, 0.25) is 0 Å². The van der Waals surface area contributed by atoms with Crippen LogP contribution in [-0.4, -0.2) is 85.0 Å². The number of methoxy groups -OCH3 is 1. The molecule has 2 N–H and O–H groups in total. The number of aromatic nitrogens is 1. The maximum absolute atomic E-state index is 12.6. The Morgan fingerprint density at radius 2 is 1.86 bits per heavy atom. The van der Waals surface area contributed by atoms with E-state index in [0.29, 0.717) is 55.5 Å². The van der Waals surface area contributed by atoms with Crippen molar-refractivity contribution in [3.63, 3.8) is 0 Å². The molecule has 1 fully saturated rings. The molecule has 3 rings (SSSR count). The number of ether oxygens (including phenoxy) is 1. The second-order valence-electron chi connectivity index (χ2n) is 9.34. The summed E-state index contributed by atoms with van der Waals surface area (Å²) in [6, 6.07) is 4.94. The van der Waals surface area contributed by atoms with Crippen LogP contribution >= 0.6 is 0 Å². The normalized spacial score (nSPS) is 15.7. The third kappa shape index (κ3) is 6.59. The molecule has 0 aliphatic carbocycles. The van der Waals surface area contributed by atoms with Crippen molar-refractivity contribution in [2.45, 2.75) is 38.5 Å². The summed E-state index contributed by atoms with van der Waals surface area (Å²) >= 11 is 0. The summed E-state index contributed by atoms with van der Waals surface area (Å²) < 4.78 is 36.9. The summed E-state index contributed by atoms with van der Waals surface area (Å²) in [7, 11) is -1.79. The predicted octanol–water partition coefficient (Wildman–Crippen LogP) is 1.54. The van der Waals surface area contributed by atoms with Gasteiger partial charge in [0.05, 0.1) is 24.1 Å². The lowest BCUT2D eigenvalue weighted by Gasteiger charge is -2.39. The molecular formula is C23H33N5O6S. The molecule has 12 heteroatoms. The molecule has 1 aromatic carbocycles. The van der Waals surface area contributed by atoms with E-state index < -0.39 is 32.6 Å². The summed E-state index contributed by atoms with van der Waals surface area (Å²) in [6.07, 6.45) is 2.86. The molecule has 1 saturated heterocycles. The minimum atomic E-state index is -3.28. The van der Waals surface area contributed by atoms with E-state index >= 15 is 0 Å². The first-order chi connectivity index (χ1) is 16.4. The van der Waals surface area contributed by atoms with E-state index in [1.807, 2.05) is 13.8 Å². The Morgan fingerprint density at radius 3 is 2.43 bits per heavy atom. The van der Waals surface area contributed by atoms with Crippen molar-refractivity contribution in [1.82, 2.24) is 19.5 Å². The monoisotopic (exact) mass is 507 g/mol. The maximum Gasteiger partial charge on any atom is 0.313 e. The molecular weight excluding hydrogens is 474 g/mol. The molecule has 1 aliphatic rings. The standard InChI is InChI=1S/C23H33N5O6S/c1-16(2)35(31,32)28-10-8-27(9-11-28)14-23(3,4)26-22(30)21(29)25-17-6-7-18(19(12-17)33-5)20-13-24-15-34-20/h6-7,12-13,15-16H,8-11,14H2,1-5H3,(H,25,29)(H,26,30). The second-order valence-corrected chi connectivity index (χ2v) is 11.8. The summed E-state index contributed by atoms with van der Waals surface area (Å²) in [5.74, 6) is -0.601. The minimum absolute atomic E-state index is 0.394. The number of anilines is 1. The Kier molecular flexibility index (Phi) is 8.18. The van der Waals surface area contributed by atoms with E-state index in [-0.39, 0.29) is 0 Å². The number of hydrogen-bond acceptors (Lipinski definition) is 8. The first-order valence-electron chi connectivity index (χ1n) is 11.3. The molecule has 1 aromatic heterocycles. The Hall–Kier alpha value is -2.96. The molecule has 0 unspecified atom stereocenters. The molecule has 11 nitrogen and oxygen atoms in total. The van der Waals surface area contributed by atoms with Crippen LogP contribution in [0.15, 0.2) is 35.2 Å². The number of piperazine rings is 1. The molecule has 35 heavy (non-hydrogen) atoms. The average Bonchev–Trinajstić information content (AvgIpc) is 3.33. The lowest BCUT2D eigenvalue weighted by molar-refractivity contribution is -0.137. The largest absolute Gasteiger partial charge is 0.496 e. The van der Waals surface area contributed by atoms with E-state index in [0.717, 1.165) is 0 Å². The molecule has 192 valence electrons. The highest BCUT2D eigenvalue weighted by molar-refractivity contribution is 7.89. The topological polar surface area (TPSA) is 134 Å². The highest BCUT2D eigenvalue weighted by atomic mass is 32.2. The number of nitrogens with one attached hydrogen (secondary N) is 2. The molecule has 2 aromatic rings. The quantitative estimate of drug-likeness (QED) is 0.514. The summed E-state index contributed by atoms with van der Waals surface area (Å²) in [5.41, 5.74) is 0.349. The Morgan fingerprint density at radius 1 is 1.17 bits per heavy atom. The van der Waals surface area contributed by atoms with Crippen LogP contribution in [0.3, 0.4) is 0 Å². The van der Waals surface area contributed by atoms with Gasteiger partial charge in [-0.3, -0.25) is 14.5 Å². The molecule has 0 saturated carbocycles. The van der Waals surface area contributed by atoms with Gasteiger partial charge in [0.1, 0.15) is 5.75 Å². The van der Waals surface area contributed by atoms with Gasteiger partial charge in [-0.2, -0.15) is 4.31 Å². The first kappa shape index (κ1) is 26.6. The number of rotatable bonds is 8. The van der Waals surface area contributed by atoms with Gasteiger partial charge < -0.3 is 19.8 Å². The zero-order valence-corrected chi connectivity index (χ0v) is 21.5. The minimum Gasteiger partial charge on any atom is -0.496 e. The van der Waals surface area contributed by atoms with Gasteiger partial charge in [-0.1, -0.05) is 0 Å². The fraction of sp³-hybridized carbons (Fsp3) is 0.522. The summed E-state index contributed by atoms with van der Waals surface area (Å²) in [4.78, 5) is 31.1. The number of sulfonamides is 1. The molecule has 0 bridgehead atoms. The van der Waals surface area contributed by atoms with E-state index in [1.165, 1.54) is 17.8 Å². The summed E-state index contributed by atoms with van der Waals surface area (Å²) in [5, 5.41) is 4.89. The number of benzene rings is 1. The highest BCUT2D eigenvalue weighted by Crippen LogP contribution is 2.32. The lowest BCUT2D eigenvalue weighted by atomic mass is 10.0. The smallest absolute Gasteiger partial charge is 0.313 e. The van der Waals surface area contributed by atoms with Gasteiger partial charge in [0.25, 0.3) is 0 Å². The van der Waals surface area contributed by atoms with Crippen molar-refractivity contribution < 1.29 is 27.2 Å². The Bertz CT molecular complexity index is 1140. The maximum atomic E-state index is 12.6. The van der Waals surface area contributed by atoms with Crippen LogP contribution < -0.4 is 15.4 Å². The molecule has 0 atom stereocenters. The second kappa shape index (κ2) is 10.8. The predicted molar refractivity (Wildman–Crippen MR) is 131 cm³/mol. The average molecular weight is 508 g/mol. The molecule has 0 spiro atoms. The van der Waals surface area contributed by atoms with Gasteiger partial charge in [0, 0.05) is 50.0 Å². The van der Waals surface area contributed by atoms with E-state index in [1.54, 1.807) is 38.2 Å². The first-order valence-corrected chi connectivity index (χ1v) is 12.8. The SMILES string of the molecule is COc1cc(NC(=O)C(=O)NC(C)(C)CN2CCN(S(=O)(=O)C(C)C)CC2)ccc1-c1cnco1. The third-order valence-corrected chi connectivity index (χ3v) is 8.00. The fourth-order valence-corrected chi connectivity index (χ4v) is 5.18.